The summed E-state index contributed by atoms with van der Waals surface area (Å²) in [5.41, 5.74) is 0.794. The van der Waals surface area contributed by atoms with Crippen LogP contribution in [0.15, 0.2) is 30.7 Å². The van der Waals surface area contributed by atoms with Crippen LogP contribution in [0, 0.1) is 5.92 Å². The van der Waals surface area contributed by atoms with E-state index in [4.69, 9.17) is 0 Å². The number of aliphatic hydroxyl groups is 1. The van der Waals surface area contributed by atoms with Crippen molar-refractivity contribution in [3.63, 3.8) is 0 Å². The Morgan fingerprint density at radius 1 is 1.58 bits per heavy atom. The summed E-state index contributed by atoms with van der Waals surface area (Å²) in [4.78, 5) is 16.4. The van der Waals surface area contributed by atoms with E-state index in [1.807, 2.05) is 23.7 Å². The van der Waals surface area contributed by atoms with Gasteiger partial charge in [0, 0.05) is 24.2 Å². The molecule has 2 aromatic rings. The molecule has 3 rings (SSSR count). The number of fused-ring (bicyclic) bond motifs is 1. The largest absolute Gasteiger partial charge is 0.394 e. The summed E-state index contributed by atoms with van der Waals surface area (Å²) < 4.78 is 1.85. The van der Waals surface area contributed by atoms with Gasteiger partial charge in [0.2, 0.25) is 0 Å². The molecule has 0 bridgehead atoms. The lowest BCUT2D eigenvalue weighted by Gasteiger charge is -2.28. The van der Waals surface area contributed by atoms with Crippen LogP contribution in [-0.2, 0) is 0 Å². The average molecular weight is 259 g/mol. The molecule has 1 amide bonds. The van der Waals surface area contributed by atoms with Crippen molar-refractivity contribution in [1.29, 1.82) is 0 Å². The van der Waals surface area contributed by atoms with E-state index in [1.54, 1.807) is 18.3 Å². The molecule has 1 atom stereocenters. The smallest absolute Gasteiger partial charge is 0.251 e. The van der Waals surface area contributed by atoms with Gasteiger partial charge in [-0.2, -0.15) is 0 Å². The van der Waals surface area contributed by atoms with E-state index in [9.17, 15) is 9.90 Å². The maximum atomic E-state index is 12.3. The van der Waals surface area contributed by atoms with Gasteiger partial charge >= 0.3 is 0 Å². The summed E-state index contributed by atoms with van der Waals surface area (Å²) in [6, 6.07) is 3.51. The third kappa shape index (κ3) is 2.21. The number of carbonyl (C=O) groups is 1. The van der Waals surface area contributed by atoms with Gasteiger partial charge in [-0.3, -0.25) is 4.79 Å². The molecule has 19 heavy (non-hydrogen) atoms. The lowest BCUT2D eigenvalue weighted by atomic mass is 9.96. The SMILES string of the molecule is CC(CO)(NC(=O)c1ccn2ccnc2c1)C1CC1. The molecule has 0 radical (unpaired) electrons. The molecule has 2 aromatic heterocycles. The predicted octanol–water partition coefficient (Wildman–Crippen LogP) is 1.23. The van der Waals surface area contributed by atoms with Crippen LogP contribution < -0.4 is 5.32 Å². The van der Waals surface area contributed by atoms with Crippen LogP contribution in [0.25, 0.3) is 5.65 Å². The van der Waals surface area contributed by atoms with E-state index in [0.29, 0.717) is 11.5 Å². The summed E-state index contributed by atoms with van der Waals surface area (Å²) in [6.07, 6.45) is 7.47. The predicted molar refractivity (Wildman–Crippen MR) is 70.9 cm³/mol. The van der Waals surface area contributed by atoms with Gasteiger partial charge < -0.3 is 14.8 Å². The van der Waals surface area contributed by atoms with Crippen LogP contribution in [0.4, 0.5) is 0 Å². The Morgan fingerprint density at radius 2 is 2.37 bits per heavy atom. The third-order valence-corrected chi connectivity index (χ3v) is 3.87. The highest BCUT2D eigenvalue weighted by Crippen LogP contribution is 2.39. The summed E-state index contributed by atoms with van der Waals surface area (Å²) in [6.45, 7) is 1.87. The number of aromatic nitrogens is 2. The van der Waals surface area contributed by atoms with E-state index in [0.717, 1.165) is 18.5 Å². The van der Waals surface area contributed by atoms with Gasteiger partial charge in [0.05, 0.1) is 12.1 Å². The van der Waals surface area contributed by atoms with Crippen LogP contribution >= 0.6 is 0 Å². The van der Waals surface area contributed by atoms with Crippen LogP contribution in [0.3, 0.4) is 0 Å². The second-order valence-corrected chi connectivity index (χ2v) is 5.41. The molecule has 2 heterocycles. The monoisotopic (exact) mass is 259 g/mol. The maximum absolute atomic E-state index is 12.3. The van der Waals surface area contributed by atoms with Crippen molar-refractivity contribution in [2.45, 2.75) is 25.3 Å². The Balaban J connectivity index is 1.82. The fraction of sp³-hybridized carbons (Fsp3) is 0.429. The highest BCUT2D eigenvalue weighted by atomic mass is 16.3. The summed E-state index contributed by atoms with van der Waals surface area (Å²) in [5, 5.41) is 12.5. The zero-order valence-electron chi connectivity index (χ0n) is 10.8. The molecule has 1 fully saturated rings. The Bertz CT molecular complexity index is 618. The number of imidazole rings is 1. The Labute approximate surface area is 111 Å². The topological polar surface area (TPSA) is 66.6 Å². The number of hydrogen-bond donors (Lipinski definition) is 2. The molecule has 5 heteroatoms. The maximum Gasteiger partial charge on any atom is 0.251 e. The van der Waals surface area contributed by atoms with E-state index in [1.165, 1.54) is 0 Å². The molecule has 100 valence electrons. The number of amides is 1. The van der Waals surface area contributed by atoms with Crippen molar-refractivity contribution in [3.8, 4) is 0 Å². The van der Waals surface area contributed by atoms with E-state index >= 15 is 0 Å². The van der Waals surface area contributed by atoms with Crippen LogP contribution in [0.2, 0.25) is 0 Å². The standard InChI is InChI=1S/C14H17N3O2/c1-14(9-18,11-2-3-11)16-13(19)10-4-6-17-7-5-15-12(17)8-10/h4-8,11,18H,2-3,9H2,1H3,(H,16,19). The zero-order valence-corrected chi connectivity index (χ0v) is 10.8. The molecule has 0 saturated heterocycles. The van der Waals surface area contributed by atoms with Crippen molar-refractivity contribution in [2.75, 3.05) is 6.61 Å². The Kier molecular flexibility index (Phi) is 2.78. The van der Waals surface area contributed by atoms with E-state index in [-0.39, 0.29) is 12.5 Å². The molecule has 0 spiro atoms. The first-order chi connectivity index (χ1) is 9.12. The molecule has 5 nitrogen and oxygen atoms in total. The average Bonchev–Trinajstić information content (AvgIpc) is 3.17. The first-order valence-corrected chi connectivity index (χ1v) is 6.48. The van der Waals surface area contributed by atoms with Gasteiger partial charge in [-0.15, -0.1) is 0 Å². The van der Waals surface area contributed by atoms with Gasteiger partial charge in [-0.25, -0.2) is 4.98 Å². The lowest BCUT2D eigenvalue weighted by Crippen LogP contribution is -2.50. The van der Waals surface area contributed by atoms with Crippen molar-refractivity contribution in [3.05, 3.63) is 36.3 Å². The highest BCUT2D eigenvalue weighted by molar-refractivity contribution is 5.95. The fourth-order valence-corrected chi connectivity index (χ4v) is 2.37. The molecule has 1 aliphatic carbocycles. The molecule has 1 aliphatic rings. The second-order valence-electron chi connectivity index (χ2n) is 5.41. The molecular formula is C14H17N3O2. The number of nitrogens with zero attached hydrogens (tertiary/aromatic N) is 2. The normalized spacial score (nSPS) is 18.2. The first kappa shape index (κ1) is 12.2. The minimum absolute atomic E-state index is 0.0327. The Morgan fingerprint density at radius 3 is 3.05 bits per heavy atom. The minimum Gasteiger partial charge on any atom is -0.394 e. The fourth-order valence-electron chi connectivity index (χ4n) is 2.37. The van der Waals surface area contributed by atoms with Gasteiger partial charge in [0.15, 0.2) is 0 Å². The first-order valence-electron chi connectivity index (χ1n) is 6.48. The summed E-state index contributed by atoms with van der Waals surface area (Å²) >= 11 is 0. The zero-order chi connectivity index (χ0) is 13.5. The van der Waals surface area contributed by atoms with Gasteiger partial charge in [0.25, 0.3) is 5.91 Å². The van der Waals surface area contributed by atoms with Crippen molar-refractivity contribution in [2.24, 2.45) is 5.92 Å². The molecule has 2 N–H and O–H groups in total. The number of aliphatic hydroxyl groups excluding tert-OH is 1. The van der Waals surface area contributed by atoms with E-state index in [2.05, 4.69) is 10.3 Å². The van der Waals surface area contributed by atoms with Crippen LogP contribution in [0.1, 0.15) is 30.1 Å². The summed E-state index contributed by atoms with van der Waals surface area (Å²) in [5.74, 6) is 0.227. The number of carbonyl (C=O) groups excluding carboxylic acids is 1. The number of nitrogens with one attached hydrogen (secondary N) is 1. The van der Waals surface area contributed by atoms with Crippen molar-refractivity contribution in [1.82, 2.24) is 14.7 Å². The third-order valence-electron chi connectivity index (χ3n) is 3.87. The van der Waals surface area contributed by atoms with Crippen LogP contribution in [0.5, 0.6) is 0 Å². The Hall–Kier alpha value is -1.88. The molecule has 1 unspecified atom stereocenters. The quantitative estimate of drug-likeness (QED) is 0.867. The lowest BCUT2D eigenvalue weighted by molar-refractivity contribution is 0.0824. The highest BCUT2D eigenvalue weighted by Gasteiger charge is 2.42. The van der Waals surface area contributed by atoms with Crippen molar-refractivity contribution >= 4 is 11.6 Å². The van der Waals surface area contributed by atoms with Gasteiger partial charge in [-0.05, 0) is 37.8 Å². The van der Waals surface area contributed by atoms with Gasteiger partial charge in [0.1, 0.15) is 5.65 Å². The molecule has 1 saturated carbocycles. The molecule has 0 aromatic carbocycles. The number of rotatable bonds is 4. The van der Waals surface area contributed by atoms with E-state index < -0.39 is 5.54 Å². The summed E-state index contributed by atoms with van der Waals surface area (Å²) in [7, 11) is 0. The minimum atomic E-state index is -0.515. The van der Waals surface area contributed by atoms with Crippen LogP contribution in [-0.4, -0.2) is 32.5 Å². The molecule has 0 aliphatic heterocycles. The molecular weight excluding hydrogens is 242 g/mol. The van der Waals surface area contributed by atoms with Gasteiger partial charge in [-0.1, -0.05) is 0 Å². The second kappa shape index (κ2) is 4.35. The number of pyridine rings is 1. The number of hydrogen-bond acceptors (Lipinski definition) is 3. The van der Waals surface area contributed by atoms with Crippen molar-refractivity contribution < 1.29 is 9.90 Å².